The highest BCUT2D eigenvalue weighted by Crippen LogP contribution is 2.23. The molecular weight excluding hydrogens is 334 g/mol. The van der Waals surface area contributed by atoms with Gasteiger partial charge in [-0.2, -0.15) is 0 Å². The highest BCUT2D eigenvalue weighted by Gasteiger charge is 2.20. The van der Waals surface area contributed by atoms with Gasteiger partial charge in [-0.3, -0.25) is 0 Å². The van der Waals surface area contributed by atoms with Gasteiger partial charge in [0, 0.05) is 24.2 Å². The maximum Gasteiger partial charge on any atom is 0.241 e. The van der Waals surface area contributed by atoms with Crippen molar-refractivity contribution in [3.05, 3.63) is 28.2 Å². The Morgan fingerprint density at radius 1 is 1.47 bits per heavy atom. The van der Waals surface area contributed by atoms with Crippen LogP contribution in [0.5, 0.6) is 0 Å². The van der Waals surface area contributed by atoms with Gasteiger partial charge < -0.3 is 9.84 Å². The summed E-state index contributed by atoms with van der Waals surface area (Å²) in [6, 6.07) is 4.43. The Kier molecular flexibility index (Phi) is 6.41. The molecule has 0 fully saturated rings. The molecular formula is C12H18BrNO4S. The first kappa shape index (κ1) is 16.6. The molecule has 1 aromatic rings. The Balaban J connectivity index is 2.88. The van der Waals surface area contributed by atoms with Gasteiger partial charge in [-0.25, -0.2) is 13.1 Å². The van der Waals surface area contributed by atoms with Gasteiger partial charge >= 0.3 is 0 Å². The average molecular weight is 352 g/mol. The molecule has 19 heavy (non-hydrogen) atoms. The van der Waals surface area contributed by atoms with Crippen LogP contribution in [0.3, 0.4) is 0 Å². The first-order valence-corrected chi connectivity index (χ1v) is 8.09. The summed E-state index contributed by atoms with van der Waals surface area (Å²) in [6.45, 7) is 2.15. The van der Waals surface area contributed by atoms with Crippen LogP contribution >= 0.6 is 15.9 Å². The van der Waals surface area contributed by atoms with Gasteiger partial charge in [0.1, 0.15) is 0 Å². The van der Waals surface area contributed by atoms with E-state index in [1.807, 2.05) is 0 Å². The molecule has 0 saturated heterocycles. The number of rotatable bonds is 7. The number of halogens is 1. The molecule has 1 atom stereocenters. The second-order valence-electron chi connectivity index (χ2n) is 4.23. The fourth-order valence-electron chi connectivity index (χ4n) is 1.54. The lowest BCUT2D eigenvalue weighted by Gasteiger charge is -2.15. The molecule has 1 unspecified atom stereocenters. The number of sulfonamides is 1. The molecule has 5 nitrogen and oxygen atoms in total. The lowest BCUT2D eigenvalue weighted by atomic mass is 10.2. The van der Waals surface area contributed by atoms with E-state index in [0.717, 1.165) is 0 Å². The minimum Gasteiger partial charge on any atom is -0.392 e. The van der Waals surface area contributed by atoms with Crippen molar-refractivity contribution in [2.75, 3.05) is 13.7 Å². The molecule has 0 bridgehead atoms. The normalized spacial score (nSPS) is 13.5. The van der Waals surface area contributed by atoms with Crippen molar-refractivity contribution < 1.29 is 18.3 Å². The molecule has 0 aliphatic carbocycles. The Labute approximate surface area is 122 Å². The van der Waals surface area contributed by atoms with E-state index < -0.39 is 10.0 Å². The van der Waals surface area contributed by atoms with Crippen LogP contribution in [0.25, 0.3) is 0 Å². The Morgan fingerprint density at radius 3 is 2.68 bits per heavy atom. The third kappa shape index (κ3) is 4.85. The number of methoxy groups -OCH3 is 1. The average Bonchev–Trinajstić information content (AvgIpc) is 2.35. The van der Waals surface area contributed by atoms with E-state index >= 15 is 0 Å². The summed E-state index contributed by atoms with van der Waals surface area (Å²) in [5, 5.41) is 9.00. The number of aliphatic hydroxyl groups excluding tert-OH is 1. The van der Waals surface area contributed by atoms with Gasteiger partial charge in [0.05, 0.1) is 11.5 Å². The minimum absolute atomic E-state index is 0.128. The maximum atomic E-state index is 12.2. The predicted octanol–water partition coefficient (Wildman–Crippen LogP) is 1.64. The molecule has 0 amide bonds. The third-order valence-corrected chi connectivity index (χ3v) is 5.15. The monoisotopic (exact) mass is 351 g/mol. The summed E-state index contributed by atoms with van der Waals surface area (Å²) in [7, 11) is -2.00. The van der Waals surface area contributed by atoms with Crippen LogP contribution in [-0.4, -0.2) is 33.3 Å². The minimum atomic E-state index is -3.58. The zero-order valence-corrected chi connectivity index (χ0v) is 13.3. The molecule has 0 aromatic heterocycles. The summed E-state index contributed by atoms with van der Waals surface area (Å²) in [5.74, 6) is 0. The summed E-state index contributed by atoms with van der Waals surface area (Å²) in [6.07, 6.45) is 0.599. The van der Waals surface area contributed by atoms with Crippen LogP contribution in [0.1, 0.15) is 18.9 Å². The van der Waals surface area contributed by atoms with Crippen LogP contribution in [0, 0.1) is 0 Å². The van der Waals surface area contributed by atoms with Crippen LogP contribution in [0.4, 0.5) is 0 Å². The lowest BCUT2D eigenvalue weighted by Crippen LogP contribution is -2.33. The van der Waals surface area contributed by atoms with Crippen molar-refractivity contribution in [1.29, 1.82) is 0 Å². The fourth-order valence-corrected chi connectivity index (χ4v) is 3.95. The van der Waals surface area contributed by atoms with E-state index in [-0.39, 0.29) is 17.5 Å². The van der Waals surface area contributed by atoms with Gasteiger partial charge in [0.25, 0.3) is 0 Å². The Hall–Kier alpha value is -0.470. The third-order valence-electron chi connectivity index (χ3n) is 2.58. The molecule has 0 aliphatic heterocycles. The molecule has 1 aromatic carbocycles. The number of benzene rings is 1. The molecule has 0 aliphatic rings. The van der Waals surface area contributed by atoms with Gasteiger partial charge in [-0.1, -0.05) is 6.07 Å². The second-order valence-corrected chi connectivity index (χ2v) is 6.76. The van der Waals surface area contributed by atoms with E-state index in [1.165, 1.54) is 6.07 Å². The van der Waals surface area contributed by atoms with Crippen molar-refractivity contribution in [2.24, 2.45) is 0 Å². The van der Waals surface area contributed by atoms with E-state index in [0.29, 0.717) is 23.1 Å². The zero-order valence-electron chi connectivity index (χ0n) is 10.9. The van der Waals surface area contributed by atoms with Crippen molar-refractivity contribution in [1.82, 2.24) is 4.72 Å². The summed E-state index contributed by atoms with van der Waals surface area (Å²) in [4.78, 5) is 0.161. The number of hydrogen-bond donors (Lipinski definition) is 2. The fraction of sp³-hybridized carbons (Fsp3) is 0.500. The summed E-state index contributed by atoms with van der Waals surface area (Å²) < 4.78 is 32.3. The molecule has 7 heteroatoms. The van der Waals surface area contributed by atoms with E-state index in [4.69, 9.17) is 9.84 Å². The standard InChI is InChI=1S/C12H18BrNO4S/c1-9(5-6-18-2)14-19(16,17)12-4-3-10(8-15)7-11(12)13/h3-4,7,9,14-15H,5-6,8H2,1-2H3. The largest absolute Gasteiger partial charge is 0.392 e. The number of ether oxygens (including phenoxy) is 1. The van der Waals surface area contributed by atoms with E-state index in [9.17, 15) is 8.42 Å². The van der Waals surface area contributed by atoms with Crippen LogP contribution in [-0.2, 0) is 21.4 Å². The zero-order chi connectivity index (χ0) is 14.5. The molecule has 0 radical (unpaired) electrons. The first-order chi connectivity index (χ1) is 8.90. The predicted molar refractivity (Wildman–Crippen MR) is 76.3 cm³/mol. The molecule has 0 spiro atoms. The molecule has 0 saturated carbocycles. The number of hydrogen-bond acceptors (Lipinski definition) is 4. The van der Waals surface area contributed by atoms with Crippen molar-refractivity contribution in [3.63, 3.8) is 0 Å². The number of nitrogens with one attached hydrogen (secondary N) is 1. The van der Waals surface area contributed by atoms with Crippen molar-refractivity contribution in [2.45, 2.75) is 30.9 Å². The van der Waals surface area contributed by atoms with Crippen LogP contribution < -0.4 is 4.72 Å². The quantitative estimate of drug-likeness (QED) is 0.782. The second kappa shape index (κ2) is 7.35. The molecule has 2 N–H and O–H groups in total. The highest BCUT2D eigenvalue weighted by atomic mass is 79.9. The molecule has 108 valence electrons. The summed E-state index contributed by atoms with van der Waals surface area (Å²) >= 11 is 3.21. The van der Waals surface area contributed by atoms with E-state index in [1.54, 1.807) is 26.2 Å². The van der Waals surface area contributed by atoms with Gasteiger partial charge in [-0.15, -0.1) is 0 Å². The van der Waals surface area contributed by atoms with Crippen molar-refractivity contribution >= 4 is 26.0 Å². The summed E-state index contributed by atoms with van der Waals surface area (Å²) in [5.41, 5.74) is 0.651. The Morgan fingerprint density at radius 2 is 2.16 bits per heavy atom. The first-order valence-electron chi connectivity index (χ1n) is 5.81. The van der Waals surface area contributed by atoms with Crippen LogP contribution in [0.2, 0.25) is 0 Å². The van der Waals surface area contributed by atoms with Gasteiger partial charge in [0.2, 0.25) is 10.0 Å². The number of aliphatic hydroxyl groups is 1. The topological polar surface area (TPSA) is 75.6 Å². The maximum absolute atomic E-state index is 12.2. The van der Waals surface area contributed by atoms with Crippen LogP contribution in [0.15, 0.2) is 27.6 Å². The Bertz CT molecular complexity index is 518. The molecule has 0 heterocycles. The van der Waals surface area contributed by atoms with E-state index in [2.05, 4.69) is 20.7 Å². The molecule has 1 rings (SSSR count). The van der Waals surface area contributed by atoms with Gasteiger partial charge in [-0.05, 0) is 47.0 Å². The van der Waals surface area contributed by atoms with Crippen molar-refractivity contribution in [3.8, 4) is 0 Å². The SMILES string of the molecule is COCCC(C)NS(=O)(=O)c1ccc(CO)cc1Br. The smallest absolute Gasteiger partial charge is 0.241 e. The lowest BCUT2D eigenvalue weighted by molar-refractivity contribution is 0.188. The highest BCUT2D eigenvalue weighted by molar-refractivity contribution is 9.10. The van der Waals surface area contributed by atoms with Gasteiger partial charge in [0.15, 0.2) is 0 Å².